The van der Waals surface area contributed by atoms with Crippen molar-refractivity contribution in [3.8, 4) is 0 Å². The van der Waals surface area contributed by atoms with Gasteiger partial charge in [0.05, 0.1) is 0 Å². The lowest BCUT2D eigenvalue weighted by atomic mass is 10.0. The number of carbonyl (C=O) groups is 1. The lowest BCUT2D eigenvalue weighted by molar-refractivity contribution is -0.114. The van der Waals surface area contributed by atoms with E-state index in [1.54, 1.807) is 4.31 Å². The molecular formula is C11H17N5O3S2. The van der Waals surface area contributed by atoms with Crippen molar-refractivity contribution >= 4 is 32.4 Å². The van der Waals surface area contributed by atoms with E-state index in [2.05, 4.69) is 15.5 Å². The number of hydrogen-bond acceptors (Lipinski definition) is 7. The van der Waals surface area contributed by atoms with Crippen molar-refractivity contribution in [1.29, 1.82) is 0 Å². The molecule has 1 amide bonds. The molecule has 1 aromatic rings. The van der Waals surface area contributed by atoms with Gasteiger partial charge in [-0.25, -0.2) is 8.42 Å². The number of anilines is 1. The van der Waals surface area contributed by atoms with E-state index in [0.29, 0.717) is 12.8 Å². The second-order valence-corrected chi connectivity index (χ2v) is 8.50. The van der Waals surface area contributed by atoms with Gasteiger partial charge in [0.15, 0.2) is 0 Å². The Balaban J connectivity index is 1.87. The number of rotatable bonds is 3. The summed E-state index contributed by atoms with van der Waals surface area (Å²) in [7, 11) is -3.66. The number of amides is 1. The first kappa shape index (κ1) is 14.8. The van der Waals surface area contributed by atoms with Gasteiger partial charge in [0, 0.05) is 25.0 Å². The number of nitrogens with zero attached hydrogens (tertiary/aromatic N) is 3. The van der Waals surface area contributed by atoms with Gasteiger partial charge in [0.25, 0.3) is 10.0 Å². The van der Waals surface area contributed by atoms with Crippen LogP contribution in [0.5, 0.6) is 0 Å². The normalized spacial score (nSPS) is 29.5. The average Bonchev–Trinajstić information content (AvgIpc) is 2.93. The standard InChI is InChI=1S/C11H17N5O3S2/c1-6(17)13-10-14-15-11(20-10)21(18,19)16-8-2-3-9(16)5-7(12)4-8/h7-9H,2-5,12H2,1H3,(H,13,14,17). The summed E-state index contributed by atoms with van der Waals surface area (Å²) in [5, 5.41) is 10.1. The second-order valence-electron chi connectivity index (χ2n) is 5.51. The molecule has 0 aliphatic carbocycles. The third kappa shape index (κ3) is 2.68. The van der Waals surface area contributed by atoms with Crippen LogP contribution in [0.1, 0.15) is 32.6 Å². The van der Waals surface area contributed by atoms with Crippen molar-refractivity contribution in [3.05, 3.63) is 0 Å². The summed E-state index contributed by atoms with van der Waals surface area (Å²) in [5.74, 6) is -0.306. The van der Waals surface area contributed by atoms with E-state index in [0.717, 1.165) is 24.2 Å². The number of hydrogen-bond donors (Lipinski definition) is 2. The molecule has 2 saturated heterocycles. The highest BCUT2D eigenvalue weighted by Gasteiger charge is 2.47. The molecule has 2 atom stereocenters. The van der Waals surface area contributed by atoms with E-state index in [1.807, 2.05) is 0 Å². The van der Waals surface area contributed by atoms with Crippen LogP contribution in [0.15, 0.2) is 4.34 Å². The minimum atomic E-state index is -3.66. The van der Waals surface area contributed by atoms with Crippen LogP contribution in [0.3, 0.4) is 0 Å². The zero-order chi connectivity index (χ0) is 15.2. The van der Waals surface area contributed by atoms with E-state index in [9.17, 15) is 13.2 Å². The number of piperidine rings is 1. The van der Waals surface area contributed by atoms with Crippen molar-refractivity contribution in [2.24, 2.45) is 5.73 Å². The van der Waals surface area contributed by atoms with Crippen LogP contribution in [0.4, 0.5) is 5.13 Å². The Bertz CT molecular complexity index is 645. The van der Waals surface area contributed by atoms with E-state index in [4.69, 9.17) is 5.73 Å². The van der Waals surface area contributed by atoms with E-state index >= 15 is 0 Å². The van der Waals surface area contributed by atoms with Gasteiger partial charge in [-0.2, -0.15) is 4.31 Å². The van der Waals surface area contributed by atoms with Crippen LogP contribution in [0.2, 0.25) is 0 Å². The smallest absolute Gasteiger partial charge is 0.272 e. The molecule has 8 nitrogen and oxygen atoms in total. The highest BCUT2D eigenvalue weighted by molar-refractivity contribution is 7.91. The van der Waals surface area contributed by atoms with Crippen molar-refractivity contribution in [2.75, 3.05) is 5.32 Å². The van der Waals surface area contributed by atoms with Crippen LogP contribution in [0, 0.1) is 0 Å². The van der Waals surface area contributed by atoms with Crippen molar-refractivity contribution in [3.63, 3.8) is 0 Å². The maximum absolute atomic E-state index is 12.7. The minimum Gasteiger partial charge on any atom is -0.328 e. The first-order valence-electron chi connectivity index (χ1n) is 6.78. The van der Waals surface area contributed by atoms with Crippen LogP contribution >= 0.6 is 11.3 Å². The largest absolute Gasteiger partial charge is 0.328 e. The van der Waals surface area contributed by atoms with Gasteiger partial charge >= 0.3 is 0 Å². The molecule has 2 aliphatic rings. The Hall–Kier alpha value is -1.10. The molecule has 116 valence electrons. The van der Waals surface area contributed by atoms with Gasteiger partial charge in [-0.1, -0.05) is 11.3 Å². The molecule has 2 unspecified atom stereocenters. The Kier molecular flexibility index (Phi) is 3.72. The fourth-order valence-corrected chi connectivity index (χ4v) is 6.11. The van der Waals surface area contributed by atoms with Crippen molar-refractivity contribution in [2.45, 2.75) is 55.1 Å². The fraction of sp³-hybridized carbons (Fsp3) is 0.727. The lowest BCUT2D eigenvalue weighted by Gasteiger charge is -2.35. The zero-order valence-corrected chi connectivity index (χ0v) is 13.2. The Labute approximate surface area is 126 Å². The molecule has 10 heteroatoms. The summed E-state index contributed by atoms with van der Waals surface area (Å²) in [6, 6.07) is -0.0213. The topological polar surface area (TPSA) is 118 Å². The molecule has 2 fully saturated rings. The number of sulfonamides is 1. The number of carbonyl (C=O) groups excluding carboxylic acids is 1. The number of nitrogens with one attached hydrogen (secondary N) is 1. The summed E-state index contributed by atoms with van der Waals surface area (Å²) in [5.41, 5.74) is 5.96. The van der Waals surface area contributed by atoms with E-state index in [1.165, 1.54) is 6.92 Å². The first-order valence-corrected chi connectivity index (χ1v) is 9.04. The maximum Gasteiger partial charge on any atom is 0.272 e. The minimum absolute atomic E-state index is 0.0446. The zero-order valence-electron chi connectivity index (χ0n) is 11.5. The summed E-state index contributed by atoms with van der Waals surface area (Å²) in [6.45, 7) is 1.34. The fourth-order valence-electron chi connectivity index (χ4n) is 3.17. The molecule has 0 radical (unpaired) electrons. The predicted octanol–water partition coefficient (Wildman–Crippen LogP) is 0.139. The molecule has 0 spiro atoms. The quantitative estimate of drug-likeness (QED) is 0.761. The van der Waals surface area contributed by atoms with Gasteiger partial charge in [-0.3, -0.25) is 4.79 Å². The monoisotopic (exact) mass is 331 g/mol. The van der Waals surface area contributed by atoms with Crippen LogP contribution in [0.25, 0.3) is 0 Å². The summed E-state index contributed by atoms with van der Waals surface area (Å²) >= 11 is 0.879. The molecule has 2 bridgehead atoms. The number of fused-ring (bicyclic) bond motifs is 2. The molecule has 0 aromatic carbocycles. The third-order valence-electron chi connectivity index (χ3n) is 3.89. The summed E-state index contributed by atoms with van der Waals surface area (Å²) in [6.07, 6.45) is 3.06. The number of nitrogens with two attached hydrogens (primary N) is 1. The highest BCUT2D eigenvalue weighted by Crippen LogP contribution is 2.39. The third-order valence-corrected chi connectivity index (χ3v) is 7.08. The van der Waals surface area contributed by atoms with Crippen LogP contribution in [-0.2, 0) is 14.8 Å². The van der Waals surface area contributed by atoms with Gasteiger partial charge < -0.3 is 11.1 Å². The van der Waals surface area contributed by atoms with Gasteiger partial charge in [-0.05, 0) is 25.7 Å². The van der Waals surface area contributed by atoms with E-state index in [-0.39, 0.29) is 33.5 Å². The van der Waals surface area contributed by atoms with Gasteiger partial charge in [0.1, 0.15) is 0 Å². The molecule has 3 N–H and O–H groups in total. The summed E-state index contributed by atoms with van der Waals surface area (Å²) < 4.78 is 26.9. The molecule has 2 aliphatic heterocycles. The number of aromatic nitrogens is 2. The molecule has 0 saturated carbocycles. The van der Waals surface area contributed by atoms with Gasteiger partial charge in [0.2, 0.25) is 15.4 Å². The first-order chi connectivity index (χ1) is 9.88. The molecule has 1 aromatic heterocycles. The highest BCUT2D eigenvalue weighted by atomic mass is 32.2. The van der Waals surface area contributed by atoms with Crippen LogP contribution in [-0.4, -0.2) is 47.0 Å². The van der Waals surface area contributed by atoms with Crippen molar-refractivity contribution < 1.29 is 13.2 Å². The Morgan fingerprint density at radius 3 is 2.52 bits per heavy atom. The maximum atomic E-state index is 12.7. The summed E-state index contributed by atoms with van der Waals surface area (Å²) in [4.78, 5) is 11.0. The molecule has 3 heterocycles. The van der Waals surface area contributed by atoms with Crippen LogP contribution < -0.4 is 11.1 Å². The van der Waals surface area contributed by atoms with E-state index < -0.39 is 10.0 Å². The predicted molar refractivity (Wildman–Crippen MR) is 77.3 cm³/mol. The molecule has 21 heavy (non-hydrogen) atoms. The van der Waals surface area contributed by atoms with Gasteiger partial charge in [-0.15, -0.1) is 10.2 Å². The lowest BCUT2D eigenvalue weighted by Crippen LogP contribution is -2.49. The Morgan fingerprint density at radius 1 is 1.33 bits per heavy atom. The molecule has 3 rings (SSSR count). The second kappa shape index (κ2) is 5.27. The SMILES string of the molecule is CC(=O)Nc1nnc(S(=O)(=O)N2C3CCC2CC(N)C3)s1. The molecular weight excluding hydrogens is 314 g/mol. The van der Waals surface area contributed by atoms with Crippen molar-refractivity contribution in [1.82, 2.24) is 14.5 Å². The Morgan fingerprint density at radius 2 is 1.95 bits per heavy atom. The average molecular weight is 331 g/mol.